The number of hydrogen-bond acceptors (Lipinski definition) is 3. The van der Waals surface area contributed by atoms with E-state index < -0.39 is 0 Å². The van der Waals surface area contributed by atoms with Crippen molar-refractivity contribution in [3.8, 4) is 22.5 Å². The summed E-state index contributed by atoms with van der Waals surface area (Å²) in [5.41, 5.74) is 9.74. The van der Waals surface area contributed by atoms with Crippen LogP contribution in [0.1, 0.15) is 5.56 Å². The molecule has 0 radical (unpaired) electrons. The van der Waals surface area contributed by atoms with E-state index in [0.717, 1.165) is 26.7 Å². The molecule has 0 amide bonds. The molecule has 0 spiro atoms. The van der Waals surface area contributed by atoms with Crippen LogP contribution in [0.2, 0.25) is 5.02 Å². The van der Waals surface area contributed by atoms with Gasteiger partial charge in [0, 0.05) is 15.1 Å². The van der Waals surface area contributed by atoms with E-state index in [4.69, 9.17) is 21.9 Å². The van der Waals surface area contributed by atoms with E-state index in [1.165, 1.54) is 0 Å². The minimum absolute atomic E-state index is 0.365. The van der Waals surface area contributed by atoms with Gasteiger partial charge in [0.2, 0.25) is 0 Å². The fraction of sp³-hybridized carbons (Fsp3) is 0.0625. The summed E-state index contributed by atoms with van der Waals surface area (Å²) in [6.45, 7) is 2.03. The molecule has 0 aliphatic carbocycles. The van der Waals surface area contributed by atoms with Crippen LogP contribution in [0.25, 0.3) is 22.5 Å². The number of hydrogen-bond donors (Lipinski definition) is 1. The highest BCUT2D eigenvalue weighted by atomic mass is 79.9. The largest absolute Gasteiger partial charge is 0.380 e. The Bertz CT molecular complexity index is 797. The van der Waals surface area contributed by atoms with E-state index in [-0.39, 0.29) is 0 Å². The first kappa shape index (κ1) is 14.2. The molecule has 2 aromatic carbocycles. The lowest BCUT2D eigenvalue weighted by atomic mass is 10.0. The molecule has 2 N–H and O–H groups in total. The fourth-order valence-corrected chi connectivity index (χ4v) is 2.63. The minimum Gasteiger partial charge on any atom is -0.380 e. The Kier molecular flexibility index (Phi) is 3.74. The molecule has 1 aromatic heterocycles. The zero-order valence-electron chi connectivity index (χ0n) is 11.2. The summed E-state index contributed by atoms with van der Waals surface area (Å²) >= 11 is 9.46. The first-order chi connectivity index (χ1) is 10.1. The Hall–Kier alpha value is -1.78. The van der Waals surface area contributed by atoms with Gasteiger partial charge in [0.05, 0.1) is 5.56 Å². The normalized spacial score (nSPS) is 10.8. The van der Waals surface area contributed by atoms with E-state index in [9.17, 15) is 0 Å². The molecule has 0 atom stereocenters. The maximum absolute atomic E-state index is 5.97. The van der Waals surface area contributed by atoms with Gasteiger partial charge in [-0.1, -0.05) is 57.0 Å². The molecule has 106 valence electrons. The molecule has 0 aliphatic heterocycles. The van der Waals surface area contributed by atoms with Gasteiger partial charge in [-0.15, -0.1) is 0 Å². The number of benzene rings is 2. The number of nitrogens with zero attached hydrogens (tertiary/aromatic N) is 1. The van der Waals surface area contributed by atoms with Crippen LogP contribution in [0.5, 0.6) is 0 Å². The van der Waals surface area contributed by atoms with Gasteiger partial charge >= 0.3 is 0 Å². The van der Waals surface area contributed by atoms with Crippen LogP contribution in [-0.2, 0) is 0 Å². The zero-order valence-corrected chi connectivity index (χ0v) is 13.6. The minimum atomic E-state index is 0.365. The van der Waals surface area contributed by atoms with Crippen LogP contribution in [0.4, 0.5) is 5.82 Å². The second-order valence-electron chi connectivity index (χ2n) is 4.74. The van der Waals surface area contributed by atoms with Crippen molar-refractivity contribution in [1.82, 2.24) is 5.16 Å². The standard InChI is InChI=1S/C16H12BrClN2O/c1-9-2-3-11(8-13(9)17)15-14(16(19)20-21-15)10-4-6-12(18)7-5-10/h2-8H,1H3,(H2,19,20). The highest BCUT2D eigenvalue weighted by Gasteiger charge is 2.18. The summed E-state index contributed by atoms with van der Waals surface area (Å²) in [4.78, 5) is 0. The Morgan fingerprint density at radius 1 is 1.10 bits per heavy atom. The third-order valence-electron chi connectivity index (χ3n) is 3.29. The second-order valence-corrected chi connectivity index (χ2v) is 6.03. The molecular formula is C16H12BrClN2O. The van der Waals surface area contributed by atoms with Gasteiger partial charge in [0.1, 0.15) is 0 Å². The Morgan fingerprint density at radius 3 is 2.43 bits per heavy atom. The summed E-state index contributed by atoms with van der Waals surface area (Å²) in [7, 11) is 0. The Balaban J connectivity index is 2.16. The number of anilines is 1. The number of aryl methyl sites for hydroxylation is 1. The van der Waals surface area contributed by atoms with Gasteiger partial charge in [0.15, 0.2) is 11.6 Å². The lowest BCUT2D eigenvalue weighted by Gasteiger charge is -2.05. The van der Waals surface area contributed by atoms with Gasteiger partial charge in [-0.05, 0) is 36.2 Å². The molecule has 5 heteroatoms. The van der Waals surface area contributed by atoms with Gasteiger partial charge < -0.3 is 10.3 Å². The molecule has 0 aliphatic rings. The highest BCUT2D eigenvalue weighted by molar-refractivity contribution is 9.10. The molecule has 0 fully saturated rings. The van der Waals surface area contributed by atoms with Crippen LogP contribution < -0.4 is 5.73 Å². The number of aromatic nitrogens is 1. The highest BCUT2D eigenvalue weighted by Crippen LogP contribution is 2.38. The number of nitrogens with two attached hydrogens (primary N) is 1. The van der Waals surface area contributed by atoms with E-state index in [0.29, 0.717) is 16.6 Å². The van der Waals surface area contributed by atoms with Gasteiger partial charge in [0.25, 0.3) is 0 Å². The molecule has 0 bridgehead atoms. The van der Waals surface area contributed by atoms with Crippen molar-refractivity contribution in [2.45, 2.75) is 6.92 Å². The van der Waals surface area contributed by atoms with E-state index in [2.05, 4.69) is 21.1 Å². The second kappa shape index (κ2) is 5.54. The van der Waals surface area contributed by atoms with Crippen molar-refractivity contribution >= 4 is 33.3 Å². The average molecular weight is 364 g/mol. The molecule has 1 heterocycles. The average Bonchev–Trinajstić information content (AvgIpc) is 2.85. The molecule has 21 heavy (non-hydrogen) atoms. The van der Waals surface area contributed by atoms with Crippen molar-refractivity contribution in [2.24, 2.45) is 0 Å². The van der Waals surface area contributed by atoms with Crippen molar-refractivity contribution in [3.63, 3.8) is 0 Å². The van der Waals surface area contributed by atoms with Crippen molar-refractivity contribution in [3.05, 3.63) is 57.5 Å². The summed E-state index contributed by atoms with van der Waals surface area (Å²) in [5, 5.41) is 4.57. The third kappa shape index (κ3) is 2.69. The number of nitrogen functional groups attached to an aromatic ring is 1. The van der Waals surface area contributed by atoms with E-state index in [1.54, 1.807) is 0 Å². The molecule has 3 nitrogen and oxygen atoms in total. The predicted molar refractivity (Wildman–Crippen MR) is 89.2 cm³/mol. The van der Waals surface area contributed by atoms with Gasteiger partial charge in [-0.25, -0.2) is 0 Å². The molecular weight excluding hydrogens is 352 g/mol. The van der Waals surface area contributed by atoms with Crippen LogP contribution in [0, 0.1) is 6.92 Å². The third-order valence-corrected chi connectivity index (χ3v) is 4.39. The molecule has 3 aromatic rings. The first-order valence-corrected chi connectivity index (χ1v) is 7.51. The monoisotopic (exact) mass is 362 g/mol. The van der Waals surface area contributed by atoms with Crippen molar-refractivity contribution in [2.75, 3.05) is 5.73 Å². The number of rotatable bonds is 2. The molecule has 0 unspecified atom stereocenters. The van der Waals surface area contributed by atoms with Crippen molar-refractivity contribution < 1.29 is 4.52 Å². The predicted octanol–water partition coefficient (Wildman–Crippen LogP) is 5.32. The molecule has 0 saturated carbocycles. The number of halogens is 2. The maximum Gasteiger partial charge on any atom is 0.176 e. The lowest BCUT2D eigenvalue weighted by molar-refractivity contribution is 0.436. The quantitative estimate of drug-likeness (QED) is 0.671. The van der Waals surface area contributed by atoms with Crippen LogP contribution in [-0.4, -0.2) is 5.16 Å². The van der Waals surface area contributed by atoms with Gasteiger partial charge in [-0.3, -0.25) is 0 Å². The Labute approximate surface area is 135 Å². The fourth-order valence-electron chi connectivity index (χ4n) is 2.13. The van der Waals surface area contributed by atoms with Gasteiger partial charge in [-0.2, -0.15) is 0 Å². The van der Waals surface area contributed by atoms with E-state index >= 15 is 0 Å². The smallest absolute Gasteiger partial charge is 0.176 e. The van der Waals surface area contributed by atoms with Crippen molar-refractivity contribution in [1.29, 1.82) is 0 Å². The van der Waals surface area contributed by atoms with E-state index in [1.807, 2.05) is 49.4 Å². The van der Waals surface area contributed by atoms with Crippen LogP contribution >= 0.6 is 27.5 Å². The maximum atomic E-state index is 5.97. The molecule has 0 saturated heterocycles. The topological polar surface area (TPSA) is 52.0 Å². The first-order valence-electron chi connectivity index (χ1n) is 6.34. The van der Waals surface area contributed by atoms with Crippen LogP contribution in [0.3, 0.4) is 0 Å². The lowest BCUT2D eigenvalue weighted by Crippen LogP contribution is -1.89. The molecule has 3 rings (SSSR count). The summed E-state index contributed by atoms with van der Waals surface area (Å²) in [6, 6.07) is 13.4. The summed E-state index contributed by atoms with van der Waals surface area (Å²) < 4.78 is 6.44. The Morgan fingerprint density at radius 2 is 1.76 bits per heavy atom. The SMILES string of the molecule is Cc1ccc(-c2onc(N)c2-c2ccc(Cl)cc2)cc1Br. The van der Waals surface area contributed by atoms with Crippen LogP contribution in [0.15, 0.2) is 51.5 Å². The summed E-state index contributed by atoms with van der Waals surface area (Å²) in [5.74, 6) is 1.01. The zero-order chi connectivity index (χ0) is 15.0. The summed E-state index contributed by atoms with van der Waals surface area (Å²) in [6.07, 6.45) is 0.